The normalized spacial score (nSPS) is 13.3. The maximum atomic E-state index is 12.7. The van der Waals surface area contributed by atoms with Gasteiger partial charge in [-0.05, 0) is 38.6 Å². The van der Waals surface area contributed by atoms with Gasteiger partial charge in [0.1, 0.15) is 18.1 Å². The maximum Gasteiger partial charge on any atom is 0.326 e. The number of nitrogens with two attached hydrogens (primary N) is 3. The molecule has 14 nitrogen and oxygen atoms in total. The molecule has 4 amide bonds. The highest BCUT2D eigenvalue weighted by Crippen LogP contribution is 2.06. The van der Waals surface area contributed by atoms with Gasteiger partial charge in [-0.25, -0.2) is 4.79 Å². The largest absolute Gasteiger partial charge is 0.481 e. The van der Waals surface area contributed by atoms with E-state index in [1.807, 2.05) is 0 Å². The summed E-state index contributed by atoms with van der Waals surface area (Å²) in [6.45, 7) is -0.0862. The number of amides is 4. The van der Waals surface area contributed by atoms with Crippen LogP contribution in [0.15, 0.2) is 0 Å². The summed E-state index contributed by atoms with van der Waals surface area (Å²) >= 11 is 0. The van der Waals surface area contributed by atoms with Gasteiger partial charge in [-0.3, -0.25) is 24.0 Å². The van der Waals surface area contributed by atoms with Gasteiger partial charge in [-0.1, -0.05) is 0 Å². The Bertz CT molecular complexity index is 686. The van der Waals surface area contributed by atoms with E-state index in [1.165, 1.54) is 0 Å². The molecule has 0 aromatic rings. The molecule has 182 valence electrons. The van der Waals surface area contributed by atoms with Crippen LogP contribution in [0.2, 0.25) is 0 Å². The minimum Gasteiger partial charge on any atom is -0.481 e. The van der Waals surface area contributed by atoms with Crippen molar-refractivity contribution in [2.45, 2.75) is 63.1 Å². The van der Waals surface area contributed by atoms with Crippen LogP contribution in [0.1, 0.15) is 44.9 Å². The molecule has 0 aliphatic carbocycles. The number of nitrogens with one attached hydrogen (secondary N) is 3. The number of hydrogen-bond donors (Lipinski definition) is 8. The molecular weight excluding hydrogens is 428 g/mol. The number of hydrogen-bond acceptors (Lipinski definition) is 8. The van der Waals surface area contributed by atoms with E-state index in [9.17, 15) is 33.9 Å². The van der Waals surface area contributed by atoms with Crippen molar-refractivity contribution < 1.29 is 39.0 Å². The molecule has 14 heteroatoms. The SMILES string of the molecule is NCCCCC(NC(=O)C(CCC(N)=O)NC(=O)CN)C(=O)NC(CCC(=O)O)C(=O)O. The van der Waals surface area contributed by atoms with Crippen LogP contribution in [0.3, 0.4) is 0 Å². The Kier molecular flexibility index (Phi) is 13.9. The molecule has 0 radical (unpaired) electrons. The van der Waals surface area contributed by atoms with Crippen LogP contribution >= 0.6 is 0 Å². The van der Waals surface area contributed by atoms with Crippen molar-refractivity contribution in [3.63, 3.8) is 0 Å². The van der Waals surface area contributed by atoms with Gasteiger partial charge in [-0.2, -0.15) is 0 Å². The van der Waals surface area contributed by atoms with Crippen molar-refractivity contribution in [2.75, 3.05) is 13.1 Å². The molecule has 0 aromatic carbocycles. The summed E-state index contributed by atoms with van der Waals surface area (Å²) in [5, 5.41) is 25.0. The second-order valence-electron chi connectivity index (χ2n) is 7.01. The zero-order valence-corrected chi connectivity index (χ0v) is 17.7. The van der Waals surface area contributed by atoms with E-state index in [1.54, 1.807) is 0 Å². The van der Waals surface area contributed by atoms with Gasteiger partial charge in [0.2, 0.25) is 23.6 Å². The molecule has 32 heavy (non-hydrogen) atoms. The zero-order chi connectivity index (χ0) is 24.7. The minimum absolute atomic E-state index is 0.105. The highest BCUT2D eigenvalue weighted by Gasteiger charge is 2.29. The van der Waals surface area contributed by atoms with Gasteiger partial charge in [0, 0.05) is 12.8 Å². The average molecular weight is 460 g/mol. The molecule has 11 N–H and O–H groups in total. The third-order valence-electron chi connectivity index (χ3n) is 4.36. The molecule has 0 heterocycles. The molecule has 0 spiro atoms. The highest BCUT2D eigenvalue weighted by molar-refractivity contribution is 5.93. The van der Waals surface area contributed by atoms with E-state index in [-0.39, 0.29) is 25.7 Å². The summed E-state index contributed by atoms with van der Waals surface area (Å²) in [6, 6.07) is -3.87. The molecule has 0 fully saturated rings. The van der Waals surface area contributed by atoms with Crippen molar-refractivity contribution in [3.8, 4) is 0 Å². The Balaban J connectivity index is 5.40. The number of carbonyl (C=O) groups is 6. The Morgan fingerprint density at radius 3 is 1.72 bits per heavy atom. The van der Waals surface area contributed by atoms with Crippen LogP contribution < -0.4 is 33.2 Å². The summed E-state index contributed by atoms with van der Waals surface area (Å²) < 4.78 is 0. The van der Waals surface area contributed by atoms with Gasteiger partial charge in [0.25, 0.3) is 0 Å². The predicted octanol–water partition coefficient (Wildman–Crippen LogP) is -3.26. The highest BCUT2D eigenvalue weighted by atomic mass is 16.4. The van der Waals surface area contributed by atoms with Crippen molar-refractivity contribution in [3.05, 3.63) is 0 Å². The van der Waals surface area contributed by atoms with E-state index >= 15 is 0 Å². The third-order valence-corrected chi connectivity index (χ3v) is 4.36. The first-order valence-corrected chi connectivity index (χ1v) is 10.0. The number of carbonyl (C=O) groups excluding carboxylic acids is 4. The molecule has 0 saturated heterocycles. The smallest absolute Gasteiger partial charge is 0.326 e. The molecule has 0 aliphatic rings. The van der Waals surface area contributed by atoms with Crippen molar-refractivity contribution in [1.82, 2.24) is 16.0 Å². The lowest BCUT2D eigenvalue weighted by Crippen LogP contribution is -2.56. The summed E-state index contributed by atoms with van der Waals surface area (Å²) in [5.74, 6) is -5.67. The van der Waals surface area contributed by atoms with E-state index < -0.39 is 66.7 Å². The standard InChI is InChI=1S/C18H32N6O8/c19-8-2-1-3-10(16(29)24-12(18(31)32)5-7-15(27)28)23-17(30)11(4-6-13(21)25)22-14(26)9-20/h10-12H,1-9,19-20H2,(H2,21,25)(H,22,26)(H,23,30)(H,24,29)(H,27,28)(H,31,32). The summed E-state index contributed by atoms with van der Waals surface area (Å²) in [4.78, 5) is 70.1. The molecule has 0 rings (SSSR count). The lowest BCUT2D eigenvalue weighted by molar-refractivity contribution is -0.143. The van der Waals surface area contributed by atoms with Gasteiger partial charge in [-0.15, -0.1) is 0 Å². The fourth-order valence-corrected chi connectivity index (χ4v) is 2.64. The lowest BCUT2D eigenvalue weighted by atomic mass is 10.0. The van der Waals surface area contributed by atoms with E-state index in [0.29, 0.717) is 19.4 Å². The average Bonchev–Trinajstić information content (AvgIpc) is 2.72. The number of aliphatic carboxylic acids is 2. The fraction of sp³-hybridized carbons (Fsp3) is 0.667. The summed E-state index contributed by atoms with van der Waals surface area (Å²) in [7, 11) is 0. The Morgan fingerprint density at radius 2 is 1.25 bits per heavy atom. The van der Waals surface area contributed by atoms with Crippen LogP contribution in [0.4, 0.5) is 0 Å². The number of carboxylic acids is 2. The quantitative estimate of drug-likeness (QED) is 0.100. The zero-order valence-electron chi connectivity index (χ0n) is 17.7. The molecule has 3 unspecified atom stereocenters. The molecule has 0 bridgehead atoms. The first-order valence-electron chi connectivity index (χ1n) is 10.0. The van der Waals surface area contributed by atoms with Crippen molar-refractivity contribution >= 4 is 35.6 Å². The topological polar surface area (TPSA) is 257 Å². The number of rotatable bonds is 17. The molecule has 0 aromatic heterocycles. The lowest BCUT2D eigenvalue weighted by Gasteiger charge is -2.24. The van der Waals surface area contributed by atoms with Crippen molar-refractivity contribution in [2.24, 2.45) is 17.2 Å². The second-order valence-corrected chi connectivity index (χ2v) is 7.01. The van der Waals surface area contributed by atoms with Crippen LogP contribution in [-0.4, -0.2) is 77.0 Å². The molecular formula is C18H32N6O8. The van der Waals surface area contributed by atoms with E-state index in [4.69, 9.17) is 22.3 Å². The first kappa shape index (κ1) is 28.7. The summed E-state index contributed by atoms with van der Waals surface area (Å²) in [6.07, 6.45) is -0.147. The predicted molar refractivity (Wildman–Crippen MR) is 111 cm³/mol. The molecule has 0 saturated carbocycles. The van der Waals surface area contributed by atoms with Crippen LogP contribution in [-0.2, 0) is 28.8 Å². The second kappa shape index (κ2) is 15.5. The van der Waals surface area contributed by atoms with E-state index in [2.05, 4.69) is 16.0 Å². The summed E-state index contributed by atoms with van der Waals surface area (Å²) in [5.41, 5.74) is 15.8. The van der Waals surface area contributed by atoms with Crippen LogP contribution in [0.5, 0.6) is 0 Å². The maximum absolute atomic E-state index is 12.7. The Hall–Kier alpha value is -3.26. The third kappa shape index (κ3) is 12.4. The van der Waals surface area contributed by atoms with E-state index in [0.717, 1.165) is 0 Å². The monoisotopic (exact) mass is 460 g/mol. The number of primary amides is 1. The van der Waals surface area contributed by atoms with Gasteiger partial charge in [0.05, 0.1) is 6.54 Å². The van der Waals surface area contributed by atoms with Crippen molar-refractivity contribution in [1.29, 1.82) is 0 Å². The number of carboxylic acid groups (broad SMARTS) is 2. The van der Waals surface area contributed by atoms with Gasteiger partial charge >= 0.3 is 11.9 Å². The van der Waals surface area contributed by atoms with Gasteiger partial charge < -0.3 is 43.4 Å². The van der Waals surface area contributed by atoms with Crippen LogP contribution in [0, 0.1) is 0 Å². The molecule has 3 atom stereocenters. The Labute approximate surface area is 184 Å². The fourth-order valence-electron chi connectivity index (χ4n) is 2.64. The number of unbranched alkanes of at least 4 members (excludes halogenated alkanes) is 1. The van der Waals surface area contributed by atoms with Gasteiger partial charge in [0.15, 0.2) is 0 Å². The Morgan fingerprint density at radius 1 is 0.719 bits per heavy atom. The first-order chi connectivity index (χ1) is 15.0. The van der Waals surface area contributed by atoms with Crippen LogP contribution in [0.25, 0.3) is 0 Å². The molecule has 0 aliphatic heterocycles. The minimum atomic E-state index is -1.48.